The third-order valence-corrected chi connectivity index (χ3v) is 6.17. The maximum Gasteiger partial charge on any atom is 0.228 e. The first-order chi connectivity index (χ1) is 15.6. The molecule has 0 aromatic carbocycles. The molecule has 0 saturated carbocycles. The van der Waals surface area contributed by atoms with Gasteiger partial charge in [-0.15, -0.1) is 0 Å². The Labute approximate surface area is 188 Å². The number of pyridine rings is 1. The second-order valence-corrected chi connectivity index (χ2v) is 8.82. The van der Waals surface area contributed by atoms with Crippen molar-refractivity contribution in [2.45, 2.75) is 58.7 Å². The average Bonchev–Trinajstić information content (AvgIpc) is 3.29. The van der Waals surface area contributed by atoms with Crippen LogP contribution in [0.25, 0.3) is 11.0 Å². The van der Waals surface area contributed by atoms with Crippen LogP contribution in [0.5, 0.6) is 0 Å². The number of hydrogen-bond acceptors (Lipinski definition) is 8. The van der Waals surface area contributed by atoms with Crippen molar-refractivity contribution >= 4 is 28.6 Å². The number of anilines is 3. The van der Waals surface area contributed by atoms with Gasteiger partial charge >= 0.3 is 0 Å². The van der Waals surface area contributed by atoms with Gasteiger partial charge in [-0.2, -0.15) is 10.1 Å². The average molecular weight is 437 g/mol. The molecule has 9 nitrogen and oxygen atoms in total. The quantitative estimate of drug-likeness (QED) is 0.521. The van der Waals surface area contributed by atoms with Crippen LogP contribution in [-0.2, 0) is 11.3 Å². The van der Waals surface area contributed by atoms with E-state index in [4.69, 9.17) is 19.8 Å². The zero-order valence-corrected chi connectivity index (χ0v) is 19.1. The molecule has 2 aliphatic rings. The fourth-order valence-corrected chi connectivity index (χ4v) is 4.70. The number of hydrogen-bond donors (Lipinski definition) is 2. The first kappa shape index (κ1) is 21.1. The van der Waals surface area contributed by atoms with Gasteiger partial charge in [0.2, 0.25) is 5.95 Å². The van der Waals surface area contributed by atoms with Crippen LogP contribution in [-0.4, -0.2) is 63.1 Å². The minimum absolute atomic E-state index is 0.516. The largest absolute Gasteiger partial charge is 0.380 e. The van der Waals surface area contributed by atoms with E-state index in [0.29, 0.717) is 25.2 Å². The van der Waals surface area contributed by atoms with E-state index in [2.05, 4.69) is 27.4 Å². The van der Waals surface area contributed by atoms with Crippen molar-refractivity contribution in [2.75, 3.05) is 36.5 Å². The van der Waals surface area contributed by atoms with E-state index in [-0.39, 0.29) is 0 Å². The van der Waals surface area contributed by atoms with Gasteiger partial charge in [0.05, 0.1) is 18.8 Å². The maximum atomic E-state index is 5.72. The molecule has 3 aromatic rings. The number of nitrogens with zero attached hydrogens (tertiary/aromatic N) is 6. The van der Waals surface area contributed by atoms with Crippen LogP contribution in [0.2, 0.25) is 0 Å². The summed E-state index contributed by atoms with van der Waals surface area (Å²) >= 11 is 0. The summed E-state index contributed by atoms with van der Waals surface area (Å²) in [6.45, 7) is 9.99. The van der Waals surface area contributed by atoms with Crippen LogP contribution < -0.4 is 15.5 Å². The molecular formula is C23H32N8O. The maximum absolute atomic E-state index is 5.72. The Balaban J connectivity index is 1.54. The van der Waals surface area contributed by atoms with Crippen LogP contribution in [0.1, 0.15) is 37.6 Å². The molecule has 2 saturated heterocycles. The molecule has 2 bridgehead atoms. The summed E-state index contributed by atoms with van der Waals surface area (Å²) in [6, 6.07) is 6.98. The van der Waals surface area contributed by atoms with Crippen molar-refractivity contribution in [3.63, 3.8) is 0 Å². The summed E-state index contributed by atoms with van der Waals surface area (Å²) in [6.07, 6.45) is 3.44. The minimum Gasteiger partial charge on any atom is -0.380 e. The van der Waals surface area contributed by atoms with E-state index < -0.39 is 0 Å². The lowest BCUT2D eigenvalue weighted by Crippen LogP contribution is -2.51. The predicted octanol–water partition coefficient (Wildman–Crippen LogP) is 2.95. The van der Waals surface area contributed by atoms with E-state index in [0.717, 1.165) is 66.1 Å². The van der Waals surface area contributed by atoms with Gasteiger partial charge in [0.15, 0.2) is 5.82 Å². The Kier molecular flexibility index (Phi) is 5.93. The Morgan fingerprint density at radius 1 is 1.09 bits per heavy atom. The van der Waals surface area contributed by atoms with Crippen molar-refractivity contribution in [2.24, 2.45) is 0 Å². The number of rotatable bonds is 8. The van der Waals surface area contributed by atoms with Crippen molar-refractivity contribution < 1.29 is 4.74 Å². The van der Waals surface area contributed by atoms with Gasteiger partial charge in [-0.05, 0) is 45.2 Å². The molecule has 5 heterocycles. The summed E-state index contributed by atoms with van der Waals surface area (Å²) in [5, 5.41) is 11.9. The Morgan fingerprint density at radius 2 is 1.91 bits per heavy atom. The summed E-state index contributed by atoms with van der Waals surface area (Å²) in [5.41, 5.74) is 3.63. The van der Waals surface area contributed by atoms with Crippen LogP contribution in [0.4, 0.5) is 17.6 Å². The van der Waals surface area contributed by atoms with Gasteiger partial charge in [0.1, 0.15) is 16.9 Å². The van der Waals surface area contributed by atoms with E-state index in [1.807, 2.05) is 36.7 Å². The van der Waals surface area contributed by atoms with Gasteiger partial charge in [-0.25, -0.2) is 9.97 Å². The SMILES string of the molecule is CCCOCCn1nc(C)c2nc(N3CC4CCC(C3)N4)nc(Nc3cccc(C)n3)c21. The third-order valence-electron chi connectivity index (χ3n) is 6.17. The molecule has 3 aromatic heterocycles. The molecular weight excluding hydrogens is 404 g/mol. The van der Waals surface area contributed by atoms with Gasteiger partial charge in [-0.1, -0.05) is 13.0 Å². The normalized spacial score (nSPS) is 20.3. The van der Waals surface area contributed by atoms with Crippen LogP contribution in [0.15, 0.2) is 18.2 Å². The van der Waals surface area contributed by atoms with Gasteiger partial charge in [0, 0.05) is 37.5 Å². The Morgan fingerprint density at radius 3 is 2.66 bits per heavy atom. The standard InChI is InChI=1S/C23H32N8O/c1-4-11-32-12-10-31-21-20(16(3)29-31)27-23(30-13-17-8-9-18(14-30)25-17)28-22(21)26-19-7-5-6-15(2)24-19/h5-7,17-18,25H,4,8-14H2,1-3H3,(H,24,26,27,28). The number of ether oxygens (including phenoxy) is 1. The number of aryl methyl sites for hydroxylation is 2. The summed E-state index contributed by atoms with van der Waals surface area (Å²) in [4.78, 5) is 16.9. The molecule has 2 fully saturated rings. The smallest absolute Gasteiger partial charge is 0.228 e. The van der Waals surface area contributed by atoms with E-state index >= 15 is 0 Å². The van der Waals surface area contributed by atoms with Crippen LogP contribution >= 0.6 is 0 Å². The van der Waals surface area contributed by atoms with Gasteiger partial charge < -0.3 is 20.3 Å². The second-order valence-electron chi connectivity index (χ2n) is 8.82. The molecule has 32 heavy (non-hydrogen) atoms. The lowest BCUT2D eigenvalue weighted by Gasteiger charge is -2.33. The zero-order chi connectivity index (χ0) is 22.1. The summed E-state index contributed by atoms with van der Waals surface area (Å²) in [5.74, 6) is 2.27. The molecule has 9 heteroatoms. The lowest BCUT2D eigenvalue weighted by molar-refractivity contribution is 0.125. The monoisotopic (exact) mass is 436 g/mol. The van der Waals surface area contributed by atoms with Crippen molar-refractivity contribution in [3.05, 3.63) is 29.6 Å². The highest BCUT2D eigenvalue weighted by Gasteiger charge is 2.34. The number of nitrogens with one attached hydrogen (secondary N) is 2. The first-order valence-corrected chi connectivity index (χ1v) is 11.6. The highest BCUT2D eigenvalue weighted by molar-refractivity contribution is 5.90. The molecule has 0 amide bonds. The summed E-state index contributed by atoms with van der Waals surface area (Å²) in [7, 11) is 0. The van der Waals surface area contributed by atoms with Crippen molar-refractivity contribution in [1.29, 1.82) is 0 Å². The predicted molar refractivity (Wildman–Crippen MR) is 126 cm³/mol. The molecule has 170 valence electrons. The lowest BCUT2D eigenvalue weighted by atomic mass is 10.2. The number of piperazine rings is 1. The summed E-state index contributed by atoms with van der Waals surface area (Å²) < 4.78 is 7.68. The van der Waals surface area contributed by atoms with E-state index in [1.54, 1.807) is 0 Å². The van der Waals surface area contributed by atoms with E-state index in [1.165, 1.54) is 12.8 Å². The van der Waals surface area contributed by atoms with Gasteiger partial charge in [0.25, 0.3) is 0 Å². The molecule has 0 radical (unpaired) electrons. The Bertz CT molecular complexity index is 1090. The number of aromatic nitrogens is 5. The van der Waals surface area contributed by atoms with Gasteiger partial charge in [-0.3, -0.25) is 4.68 Å². The topological polar surface area (TPSA) is 93.0 Å². The highest BCUT2D eigenvalue weighted by Crippen LogP contribution is 2.30. The zero-order valence-electron chi connectivity index (χ0n) is 19.1. The second kappa shape index (κ2) is 8.99. The minimum atomic E-state index is 0.516. The fraction of sp³-hybridized carbons (Fsp3) is 0.565. The molecule has 0 aliphatic carbocycles. The molecule has 2 unspecified atom stereocenters. The highest BCUT2D eigenvalue weighted by atomic mass is 16.5. The Hall–Kier alpha value is -2.78. The third kappa shape index (κ3) is 4.27. The van der Waals surface area contributed by atoms with E-state index in [9.17, 15) is 0 Å². The number of fused-ring (bicyclic) bond motifs is 3. The molecule has 2 N–H and O–H groups in total. The van der Waals surface area contributed by atoms with Crippen LogP contribution in [0.3, 0.4) is 0 Å². The first-order valence-electron chi connectivity index (χ1n) is 11.6. The van der Waals surface area contributed by atoms with Crippen molar-refractivity contribution in [3.8, 4) is 0 Å². The molecule has 5 rings (SSSR count). The van der Waals surface area contributed by atoms with Crippen molar-refractivity contribution in [1.82, 2.24) is 30.0 Å². The van der Waals surface area contributed by atoms with Crippen LogP contribution in [0, 0.1) is 13.8 Å². The molecule has 2 atom stereocenters. The molecule has 2 aliphatic heterocycles. The fourth-order valence-electron chi connectivity index (χ4n) is 4.70. The molecule has 0 spiro atoms.